The predicted octanol–water partition coefficient (Wildman–Crippen LogP) is 2.76. The molecular weight excluding hydrogens is 305 g/mol. The van der Waals surface area contributed by atoms with Gasteiger partial charge in [-0.25, -0.2) is 9.97 Å². The Morgan fingerprint density at radius 1 is 1.20 bits per heavy atom. The van der Waals surface area contributed by atoms with Crippen LogP contribution in [0.5, 0.6) is 11.5 Å². The van der Waals surface area contributed by atoms with Gasteiger partial charge in [-0.2, -0.15) is 0 Å². The van der Waals surface area contributed by atoms with E-state index in [9.17, 15) is 4.79 Å². The Kier molecular flexibility index (Phi) is 3.33. The van der Waals surface area contributed by atoms with Crippen molar-refractivity contribution in [3.05, 3.63) is 40.3 Å². The van der Waals surface area contributed by atoms with Gasteiger partial charge in [0.25, 0.3) is 5.91 Å². The Bertz CT molecular complexity index is 694. The van der Waals surface area contributed by atoms with E-state index in [2.05, 4.69) is 15.3 Å². The van der Waals surface area contributed by atoms with Gasteiger partial charge in [-0.05, 0) is 18.2 Å². The number of amides is 1. The Hall–Kier alpha value is -2.05. The quantitative estimate of drug-likeness (QED) is 0.863. The zero-order valence-corrected chi connectivity index (χ0v) is 11.4. The van der Waals surface area contributed by atoms with Crippen molar-refractivity contribution in [2.75, 3.05) is 12.1 Å². The van der Waals surface area contributed by atoms with Crippen LogP contribution in [-0.2, 0) is 0 Å². The molecule has 0 radical (unpaired) electrons. The third kappa shape index (κ3) is 2.35. The lowest BCUT2D eigenvalue weighted by Crippen LogP contribution is -2.13. The molecule has 2 aromatic rings. The van der Waals surface area contributed by atoms with E-state index >= 15 is 0 Å². The van der Waals surface area contributed by atoms with Gasteiger partial charge in [0.05, 0.1) is 0 Å². The fourth-order valence-corrected chi connectivity index (χ4v) is 1.93. The highest BCUT2D eigenvalue weighted by molar-refractivity contribution is 6.43. The summed E-state index contributed by atoms with van der Waals surface area (Å²) in [6.07, 6.45) is 1.21. The van der Waals surface area contributed by atoms with Crippen LogP contribution < -0.4 is 14.8 Å². The van der Waals surface area contributed by atoms with Crippen LogP contribution in [0.3, 0.4) is 0 Å². The van der Waals surface area contributed by atoms with Crippen molar-refractivity contribution >= 4 is 34.9 Å². The average Bonchev–Trinajstić information content (AvgIpc) is 2.91. The largest absolute Gasteiger partial charge is 0.454 e. The first-order valence-electron chi connectivity index (χ1n) is 5.52. The molecule has 0 fully saturated rings. The van der Waals surface area contributed by atoms with E-state index in [1.807, 2.05) is 0 Å². The number of aromatic nitrogens is 2. The maximum absolute atomic E-state index is 12.1. The zero-order chi connectivity index (χ0) is 14.1. The van der Waals surface area contributed by atoms with Crippen LogP contribution >= 0.6 is 23.2 Å². The van der Waals surface area contributed by atoms with Crippen molar-refractivity contribution < 1.29 is 14.3 Å². The van der Waals surface area contributed by atoms with Crippen molar-refractivity contribution in [3.63, 3.8) is 0 Å². The van der Waals surface area contributed by atoms with Crippen LogP contribution in [0.4, 0.5) is 5.82 Å². The topological polar surface area (TPSA) is 73.3 Å². The Morgan fingerprint density at radius 2 is 2.00 bits per heavy atom. The van der Waals surface area contributed by atoms with E-state index in [1.165, 1.54) is 6.33 Å². The number of carbonyl (C=O) groups excluding carboxylic acids is 1. The number of hydrogen-bond acceptors (Lipinski definition) is 5. The van der Waals surface area contributed by atoms with Crippen LogP contribution in [0, 0.1) is 0 Å². The second-order valence-corrected chi connectivity index (χ2v) is 4.59. The number of rotatable bonds is 2. The Morgan fingerprint density at radius 3 is 2.85 bits per heavy atom. The molecule has 0 spiro atoms. The van der Waals surface area contributed by atoms with Gasteiger partial charge in [0, 0.05) is 5.56 Å². The molecule has 0 saturated carbocycles. The monoisotopic (exact) mass is 311 g/mol. The molecule has 8 heteroatoms. The molecule has 20 heavy (non-hydrogen) atoms. The molecule has 2 heterocycles. The fourth-order valence-electron chi connectivity index (χ4n) is 1.65. The van der Waals surface area contributed by atoms with Crippen molar-refractivity contribution in [2.45, 2.75) is 0 Å². The molecule has 6 nitrogen and oxygen atoms in total. The number of nitrogens with one attached hydrogen (secondary N) is 1. The van der Waals surface area contributed by atoms with Crippen LogP contribution in [0.15, 0.2) is 24.5 Å². The summed E-state index contributed by atoms with van der Waals surface area (Å²) in [5, 5.41) is 2.71. The van der Waals surface area contributed by atoms with Crippen molar-refractivity contribution in [1.82, 2.24) is 9.97 Å². The van der Waals surface area contributed by atoms with Crippen molar-refractivity contribution in [1.29, 1.82) is 0 Å². The molecule has 0 bridgehead atoms. The summed E-state index contributed by atoms with van der Waals surface area (Å²) >= 11 is 11.7. The van der Waals surface area contributed by atoms with E-state index in [1.54, 1.807) is 18.2 Å². The second kappa shape index (κ2) is 5.15. The van der Waals surface area contributed by atoms with Gasteiger partial charge in [0.1, 0.15) is 11.3 Å². The minimum Gasteiger partial charge on any atom is -0.454 e. The number of ether oxygens (including phenoxy) is 2. The SMILES string of the molecule is O=C(Nc1ncnc(Cl)c1Cl)c1ccc2c(c1)OCO2. The lowest BCUT2D eigenvalue weighted by Gasteiger charge is -2.07. The van der Waals surface area contributed by atoms with Gasteiger partial charge in [0.2, 0.25) is 6.79 Å². The van der Waals surface area contributed by atoms with Gasteiger partial charge in [0.15, 0.2) is 22.5 Å². The lowest BCUT2D eigenvalue weighted by molar-refractivity contribution is 0.102. The maximum atomic E-state index is 12.1. The van der Waals surface area contributed by atoms with Crippen LogP contribution in [-0.4, -0.2) is 22.7 Å². The van der Waals surface area contributed by atoms with Gasteiger partial charge in [-0.15, -0.1) is 0 Å². The zero-order valence-electron chi connectivity index (χ0n) is 9.89. The number of anilines is 1. The van der Waals surface area contributed by atoms with Gasteiger partial charge < -0.3 is 14.8 Å². The normalized spacial score (nSPS) is 12.3. The molecule has 1 aromatic carbocycles. The number of carbonyl (C=O) groups is 1. The Labute approximate surface area is 123 Å². The molecule has 0 aliphatic carbocycles. The van der Waals surface area contributed by atoms with Crippen molar-refractivity contribution in [3.8, 4) is 11.5 Å². The molecule has 1 aliphatic rings. The highest BCUT2D eigenvalue weighted by Crippen LogP contribution is 2.33. The van der Waals surface area contributed by atoms with Gasteiger partial charge >= 0.3 is 0 Å². The third-order valence-electron chi connectivity index (χ3n) is 2.61. The van der Waals surface area contributed by atoms with Crippen LogP contribution in [0.25, 0.3) is 0 Å². The van der Waals surface area contributed by atoms with Gasteiger partial charge in [-0.3, -0.25) is 4.79 Å². The summed E-state index contributed by atoms with van der Waals surface area (Å²) in [5.41, 5.74) is 0.389. The van der Waals surface area contributed by atoms with Crippen LogP contribution in [0.1, 0.15) is 10.4 Å². The average molecular weight is 312 g/mol. The summed E-state index contributed by atoms with van der Waals surface area (Å²) in [6, 6.07) is 4.85. The molecule has 0 unspecified atom stereocenters. The molecule has 1 aromatic heterocycles. The minimum atomic E-state index is -0.389. The molecule has 0 saturated heterocycles. The molecule has 1 N–H and O–H groups in total. The number of hydrogen-bond donors (Lipinski definition) is 1. The van der Waals surface area contributed by atoms with E-state index in [-0.39, 0.29) is 28.7 Å². The second-order valence-electron chi connectivity index (χ2n) is 3.85. The highest BCUT2D eigenvalue weighted by Gasteiger charge is 2.17. The molecule has 102 valence electrons. The summed E-state index contributed by atoms with van der Waals surface area (Å²) in [6.45, 7) is 0.147. The van der Waals surface area contributed by atoms with Crippen LogP contribution in [0.2, 0.25) is 10.2 Å². The number of halogens is 2. The maximum Gasteiger partial charge on any atom is 0.256 e. The molecular formula is C12H7Cl2N3O3. The molecule has 1 aliphatic heterocycles. The fraction of sp³-hybridized carbons (Fsp3) is 0.0833. The first-order chi connectivity index (χ1) is 9.65. The van der Waals surface area contributed by atoms with Gasteiger partial charge in [-0.1, -0.05) is 23.2 Å². The number of nitrogens with zero attached hydrogens (tertiary/aromatic N) is 2. The highest BCUT2D eigenvalue weighted by atomic mass is 35.5. The summed E-state index contributed by atoms with van der Waals surface area (Å²) in [4.78, 5) is 19.7. The number of fused-ring (bicyclic) bond motifs is 1. The van der Waals surface area contributed by atoms with Crippen molar-refractivity contribution in [2.24, 2.45) is 0 Å². The predicted molar refractivity (Wildman–Crippen MR) is 72.6 cm³/mol. The molecule has 1 amide bonds. The molecule has 0 atom stereocenters. The number of benzene rings is 1. The minimum absolute atomic E-state index is 0.0719. The van der Waals surface area contributed by atoms with E-state index in [0.29, 0.717) is 17.1 Å². The summed E-state index contributed by atoms with van der Waals surface area (Å²) in [7, 11) is 0. The van der Waals surface area contributed by atoms with E-state index < -0.39 is 0 Å². The van der Waals surface area contributed by atoms with E-state index in [0.717, 1.165) is 0 Å². The van der Waals surface area contributed by atoms with E-state index in [4.69, 9.17) is 32.7 Å². The Balaban J connectivity index is 1.84. The first-order valence-corrected chi connectivity index (χ1v) is 6.28. The third-order valence-corrected chi connectivity index (χ3v) is 3.35. The first kappa shape index (κ1) is 13.0. The lowest BCUT2D eigenvalue weighted by atomic mass is 10.2. The summed E-state index contributed by atoms with van der Waals surface area (Å²) in [5.74, 6) is 0.878. The summed E-state index contributed by atoms with van der Waals surface area (Å²) < 4.78 is 10.4. The standard InChI is InChI=1S/C12H7Cl2N3O3/c13-9-10(14)15-4-16-11(9)17-12(18)6-1-2-7-8(3-6)20-5-19-7/h1-4H,5H2,(H,15,16,17,18). The smallest absolute Gasteiger partial charge is 0.256 e. The molecule has 3 rings (SSSR count).